The van der Waals surface area contributed by atoms with Gasteiger partial charge in [-0.1, -0.05) is 35.0 Å². The van der Waals surface area contributed by atoms with Crippen molar-refractivity contribution in [3.8, 4) is 11.4 Å². The van der Waals surface area contributed by atoms with Crippen molar-refractivity contribution in [1.82, 2.24) is 15.5 Å². The van der Waals surface area contributed by atoms with E-state index in [1.54, 1.807) is 0 Å². The number of carbonyl (C=O) groups excluding carboxylic acids is 1. The Morgan fingerprint density at radius 3 is 2.79 bits per heavy atom. The van der Waals surface area contributed by atoms with Crippen molar-refractivity contribution in [2.75, 3.05) is 13.1 Å². The molecular weight excluding hydrogens is 244 g/mol. The molecule has 0 unspecified atom stereocenters. The number of carbonyl (C=O) groups is 1. The average molecular weight is 260 g/mol. The van der Waals surface area contributed by atoms with Crippen LogP contribution in [0.4, 0.5) is 0 Å². The van der Waals surface area contributed by atoms with Gasteiger partial charge in [0.05, 0.1) is 6.54 Å². The molecule has 0 aliphatic carbocycles. The van der Waals surface area contributed by atoms with Gasteiger partial charge < -0.3 is 15.6 Å². The molecule has 1 amide bonds. The van der Waals surface area contributed by atoms with Crippen molar-refractivity contribution in [1.29, 1.82) is 0 Å². The van der Waals surface area contributed by atoms with Crippen LogP contribution in [0.2, 0.25) is 0 Å². The zero-order chi connectivity index (χ0) is 13.7. The van der Waals surface area contributed by atoms with Crippen LogP contribution in [-0.4, -0.2) is 29.1 Å². The summed E-state index contributed by atoms with van der Waals surface area (Å²) in [7, 11) is 0. The fourth-order valence-electron chi connectivity index (χ4n) is 1.56. The van der Waals surface area contributed by atoms with Crippen LogP contribution in [0.15, 0.2) is 28.8 Å². The third kappa shape index (κ3) is 3.62. The Labute approximate surface area is 111 Å². The maximum Gasteiger partial charge on any atom is 0.233 e. The molecule has 0 fully saturated rings. The Balaban J connectivity index is 1.95. The normalized spacial score (nSPS) is 10.4. The monoisotopic (exact) mass is 260 g/mol. The average Bonchev–Trinajstić information content (AvgIpc) is 2.88. The van der Waals surface area contributed by atoms with E-state index in [0.29, 0.717) is 24.7 Å². The Morgan fingerprint density at radius 1 is 1.37 bits per heavy atom. The predicted octanol–water partition coefficient (Wildman–Crippen LogP) is 0.662. The first-order valence-corrected chi connectivity index (χ1v) is 6.05. The summed E-state index contributed by atoms with van der Waals surface area (Å²) in [4.78, 5) is 15.2. The van der Waals surface area contributed by atoms with Gasteiger partial charge in [-0.15, -0.1) is 0 Å². The topological polar surface area (TPSA) is 94.0 Å². The van der Waals surface area contributed by atoms with Gasteiger partial charge in [0.25, 0.3) is 0 Å². The minimum Gasteiger partial charge on any atom is -0.354 e. The van der Waals surface area contributed by atoms with E-state index >= 15 is 0 Å². The number of aryl methyl sites for hydroxylation is 1. The SMILES string of the molecule is Cc1ccc(-c2noc(CCNC(=O)CN)n2)cc1. The molecule has 6 heteroatoms. The van der Waals surface area contributed by atoms with Crippen LogP contribution in [0.5, 0.6) is 0 Å². The highest BCUT2D eigenvalue weighted by molar-refractivity contribution is 5.77. The highest BCUT2D eigenvalue weighted by Gasteiger charge is 2.08. The number of nitrogens with one attached hydrogen (secondary N) is 1. The highest BCUT2D eigenvalue weighted by atomic mass is 16.5. The summed E-state index contributed by atoms with van der Waals surface area (Å²) in [5.74, 6) is 0.853. The van der Waals surface area contributed by atoms with Gasteiger partial charge in [0.15, 0.2) is 0 Å². The van der Waals surface area contributed by atoms with Crippen molar-refractivity contribution < 1.29 is 9.32 Å². The summed E-state index contributed by atoms with van der Waals surface area (Å²) in [6.07, 6.45) is 0.491. The van der Waals surface area contributed by atoms with Crippen molar-refractivity contribution in [2.45, 2.75) is 13.3 Å². The summed E-state index contributed by atoms with van der Waals surface area (Å²) < 4.78 is 5.12. The summed E-state index contributed by atoms with van der Waals surface area (Å²) in [5, 5.41) is 6.56. The Kier molecular flexibility index (Phi) is 4.25. The molecular formula is C13H16N4O2. The number of aromatic nitrogens is 2. The Morgan fingerprint density at radius 2 is 2.11 bits per heavy atom. The van der Waals surface area contributed by atoms with E-state index in [0.717, 1.165) is 5.56 Å². The molecule has 0 saturated heterocycles. The zero-order valence-corrected chi connectivity index (χ0v) is 10.7. The van der Waals surface area contributed by atoms with Gasteiger partial charge in [0.2, 0.25) is 17.6 Å². The molecule has 19 heavy (non-hydrogen) atoms. The van der Waals surface area contributed by atoms with Crippen molar-refractivity contribution in [3.05, 3.63) is 35.7 Å². The molecule has 1 aromatic carbocycles. The lowest BCUT2D eigenvalue weighted by atomic mass is 10.1. The van der Waals surface area contributed by atoms with Crippen LogP contribution in [-0.2, 0) is 11.2 Å². The van der Waals surface area contributed by atoms with E-state index in [4.69, 9.17) is 10.3 Å². The van der Waals surface area contributed by atoms with E-state index in [2.05, 4.69) is 15.5 Å². The van der Waals surface area contributed by atoms with Gasteiger partial charge >= 0.3 is 0 Å². The quantitative estimate of drug-likeness (QED) is 0.823. The standard InChI is InChI=1S/C13H16N4O2/c1-9-2-4-10(5-3-9)13-16-12(19-17-13)6-7-15-11(18)8-14/h2-5H,6-8,14H2,1H3,(H,15,18). The fraction of sp³-hybridized carbons (Fsp3) is 0.308. The van der Waals surface area contributed by atoms with Crippen molar-refractivity contribution in [3.63, 3.8) is 0 Å². The van der Waals surface area contributed by atoms with Gasteiger partial charge in [-0.3, -0.25) is 4.79 Å². The van der Waals surface area contributed by atoms with E-state index in [1.807, 2.05) is 31.2 Å². The minimum absolute atomic E-state index is 0.0154. The number of amides is 1. The largest absolute Gasteiger partial charge is 0.354 e. The molecule has 0 aliphatic heterocycles. The van der Waals surface area contributed by atoms with E-state index in [1.165, 1.54) is 5.56 Å². The summed E-state index contributed by atoms with van der Waals surface area (Å²) in [5.41, 5.74) is 7.27. The molecule has 100 valence electrons. The molecule has 0 radical (unpaired) electrons. The van der Waals surface area contributed by atoms with Gasteiger partial charge in [-0.2, -0.15) is 4.98 Å². The molecule has 6 nitrogen and oxygen atoms in total. The lowest BCUT2D eigenvalue weighted by Crippen LogP contribution is -2.31. The number of rotatable bonds is 5. The lowest BCUT2D eigenvalue weighted by molar-refractivity contribution is -0.119. The molecule has 1 aromatic heterocycles. The van der Waals surface area contributed by atoms with Crippen LogP contribution in [0.25, 0.3) is 11.4 Å². The number of hydrogen-bond donors (Lipinski definition) is 2. The van der Waals surface area contributed by atoms with Crippen LogP contribution in [0, 0.1) is 6.92 Å². The Bertz CT molecular complexity index is 548. The van der Waals surface area contributed by atoms with E-state index in [-0.39, 0.29) is 12.5 Å². The first kappa shape index (κ1) is 13.2. The number of hydrogen-bond acceptors (Lipinski definition) is 5. The summed E-state index contributed by atoms with van der Waals surface area (Å²) >= 11 is 0. The number of nitrogens with two attached hydrogens (primary N) is 1. The third-order valence-corrected chi connectivity index (χ3v) is 2.62. The van der Waals surface area contributed by atoms with E-state index < -0.39 is 0 Å². The highest BCUT2D eigenvalue weighted by Crippen LogP contribution is 2.16. The number of benzene rings is 1. The second-order valence-corrected chi connectivity index (χ2v) is 4.18. The predicted molar refractivity (Wildman–Crippen MR) is 70.2 cm³/mol. The molecule has 0 saturated carbocycles. The zero-order valence-electron chi connectivity index (χ0n) is 10.7. The van der Waals surface area contributed by atoms with Gasteiger partial charge in [-0.25, -0.2) is 0 Å². The lowest BCUT2D eigenvalue weighted by Gasteiger charge is -1.99. The molecule has 0 spiro atoms. The molecule has 2 rings (SSSR count). The van der Waals surface area contributed by atoms with Crippen molar-refractivity contribution in [2.24, 2.45) is 5.73 Å². The fourth-order valence-corrected chi connectivity index (χ4v) is 1.56. The number of nitrogens with zero attached hydrogens (tertiary/aromatic N) is 2. The van der Waals surface area contributed by atoms with Crippen LogP contribution >= 0.6 is 0 Å². The minimum atomic E-state index is -0.196. The van der Waals surface area contributed by atoms with Gasteiger partial charge in [0.1, 0.15) is 0 Å². The molecule has 0 bridgehead atoms. The van der Waals surface area contributed by atoms with Crippen LogP contribution in [0.3, 0.4) is 0 Å². The Hall–Kier alpha value is -2.21. The molecule has 3 N–H and O–H groups in total. The smallest absolute Gasteiger partial charge is 0.233 e. The first-order valence-electron chi connectivity index (χ1n) is 6.05. The maximum absolute atomic E-state index is 11.0. The first-order chi connectivity index (χ1) is 9.19. The molecule has 0 aliphatic rings. The molecule has 1 heterocycles. The maximum atomic E-state index is 11.0. The second-order valence-electron chi connectivity index (χ2n) is 4.18. The third-order valence-electron chi connectivity index (χ3n) is 2.62. The van der Waals surface area contributed by atoms with Crippen LogP contribution in [0.1, 0.15) is 11.5 Å². The van der Waals surface area contributed by atoms with Gasteiger partial charge in [-0.05, 0) is 6.92 Å². The van der Waals surface area contributed by atoms with Crippen molar-refractivity contribution >= 4 is 5.91 Å². The van der Waals surface area contributed by atoms with E-state index in [9.17, 15) is 4.79 Å². The summed E-state index contributed by atoms with van der Waals surface area (Å²) in [6.45, 7) is 2.44. The summed E-state index contributed by atoms with van der Waals surface area (Å²) in [6, 6.07) is 7.88. The van der Waals surface area contributed by atoms with Gasteiger partial charge in [0, 0.05) is 18.5 Å². The molecule has 2 aromatic rings. The van der Waals surface area contributed by atoms with Crippen LogP contribution < -0.4 is 11.1 Å². The molecule has 0 atom stereocenters. The second kappa shape index (κ2) is 6.10.